The number of H-pyrrole nitrogens is 1. The lowest BCUT2D eigenvalue weighted by Crippen LogP contribution is -2.22. The number of hydrogen-bond acceptors (Lipinski definition) is 4. The van der Waals surface area contributed by atoms with Crippen molar-refractivity contribution in [2.45, 2.75) is 20.3 Å². The quantitative estimate of drug-likeness (QED) is 0.794. The third-order valence-corrected chi connectivity index (χ3v) is 1.80. The van der Waals surface area contributed by atoms with Gasteiger partial charge in [-0.25, -0.2) is 18.6 Å². The minimum Gasteiger partial charge on any atom is -0.461 e. The largest absolute Gasteiger partial charge is 0.461 e. The van der Waals surface area contributed by atoms with E-state index >= 15 is 0 Å². The molecule has 0 aliphatic heterocycles. The summed E-state index contributed by atoms with van der Waals surface area (Å²) in [7, 11) is 0. The molecule has 5 nitrogen and oxygen atoms in total. The maximum atomic E-state index is 12.5. The molecule has 1 N–H and O–H groups in total. The highest BCUT2D eigenvalue weighted by Crippen LogP contribution is 2.19. The molecule has 0 spiro atoms. The van der Waals surface area contributed by atoms with Crippen LogP contribution >= 0.6 is 0 Å². The summed E-state index contributed by atoms with van der Waals surface area (Å²) in [5.74, 6) is -1.01. The minimum atomic E-state index is -2.95. The van der Waals surface area contributed by atoms with Gasteiger partial charge >= 0.3 is 5.97 Å². The summed E-state index contributed by atoms with van der Waals surface area (Å²) in [5, 5.41) is 0. The summed E-state index contributed by atoms with van der Waals surface area (Å²) in [4.78, 5) is 27.8. The van der Waals surface area contributed by atoms with Gasteiger partial charge in [-0.1, -0.05) is 0 Å². The molecule has 0 fully saturated rings. The first-order valence-electron chi connectivity index (χ1n) is 4.53. The predicted molar refractivity (Wildman–Crippen MR) is 50.5 cm³/mol. The molecule has 0 atom stereocenters. The van der Waals surface area contributed by atoms with E-state index in [2.05, 4.69) is 9.72 Å². The van der Waals surface area contributed by atoms with Crippen LogP contribution in [0.15, 0.2) is 4.79 Å². The van der Waals surface area contributed by atoms with Gasteiger partial charge in [-0.15, -0.1) is 0 Å². The minimum absolute atomic E-state index is 0.0252. The lowest BCUT2D eigenvalue weighted by molar-refractivity contribution is 0.0504. The van der Waals surface area contributed by atoms with Gasteiger partial charge in [0.05, 0.1) is 6.61 Å². The molecule has 0 radical (unpaired) electrons. The number of aryl methyl sites for hydroxylation is 1. The SMILES string of the molecule is CCOC(=O)c1[nH]c(=O)c(C)nc1C(F)F. The zero-order chi connectivity index (χ0) is 12.3. The predicted octanol–water partition coefficient (Wildman–Crippen LogP) is 1.19. The van der Waals surface area contributed by atoms with Crippen LogP contribution in [0.5, 0.6) is 0 Å². The van der Waals surface area contributed by atoms with Crippen LogP contribution < -0.4 is 5.56 Å². The molecule has 0 saturated heterocycles. The van der Waals surface area contributed by atoms with Crippen LogP contribution in [0.4, 0.5) is 8.78 Å². The Labute approximate surface area is 89.5 Å². The Bertz CT molecular complexity index is 457. The van der Waals surface area contributed by atoms with E-state index in [4.69, 9.17) is 0 Å². The zero-order valence-electron chi connectivity index (χ0n) is 8.71. The Morgan fingerprint density at radius 1 is 1.56 bits per heavy atom. The van der Waals surface area contributed by atoms with Crippen molar-refractivity contribution in [1.82, 2.24) is 9.97 Å². The Hall–Kier alpha value is -1.79. The van der Waals surface area contributed by atoms with Crippen molar-refractivity contribution in [3.63, 3.8) is 0 Å². The Balaban J connectivity index is 3.30. The lowest BCUT2D eigenvalue weighted by atomic mass is 10.3. The zero-order valence-corrected chi connectivity index (χ0v) is 8.71. The number of hydrogen-bond donors (Lipinski definition) is 1. The van der Waals surface area contributed by atoms with Crippen molar-refractivity contribution in [3.05, 3.63) is 27.4 Å². The van der Waals surface area contributed by atoms with Gasteiger partial charge in [-0.2, -0.15) is 0 Å². The first-order valence-corrected chi connectivity index (χ1v) is 4.53. The van der Waals surface area contributed by atoms with Gasteiger partial charge in [-0.3, -0.25) is 4.79 Å². The average Bonchev–Trinajstić information content (AvgIpc) is 2.21. The van der Waals surface area contributed by atoms with Crippen LogP contribution in [0, 0.1) is 6.92 Å². The van der Waals surface area contributed by atoms with Crippen LogP contribution in [0.25, 0.3) is 0 Å². The molecular formula is C9H10F2N2O3. The van der Waals surface area contributed by atoms with Crippen LogP contribution in [-0.4, -0.2) is 22.5 Å². The van der Waals surface area contributed by atoms with E-state index in [0.29, 0.717) is 0 Å². The van der Waals surface area contributed by atoms with Crippen molar-refractivity contribution in [3.8, 4) is 0 Å². The molecule has 0 bridgehead atoms. The second-order valence-corrected chi connectivity index (χ2v) is 2.93. The van der Waals surface area contributed by atoms with Crippen LogP contribution in [0.3, 0.4) is 0 Å². The monoisotopic (exact) mass is 232 g/mol. The average molecular weight is 232 g/mol. The Morgan fingerprint density at radius 2 is 2.19 bits per heavy atom. The van der Waals surface area contributed by atoms with Crippen LogP contribution in [-0.2, 0) is 4.74 Å². The van der Waals surface area contributed by atoms with Gasteiger partial charge in [0.25, 0.3) is 12.0 Å². The number of carbonyl (C=O) groups is 1. The molecular weight excluding hydrogens is 222 g/mol. The second-order valence-electron chi connectivity index (χ2n) is 2.93. The summed E-state index contributed by atoms with van der Waals surface area (Å²) in [6, 6.07) is 0. The molecule has 88 valence electrons. The van der Waals surface area contributed by atoms with Crippen molar-refractivity contribution < 1.29 is 18.3 Å². The van der Waals surface area contributed by atoms with Gasteiger partial charge in [0.15, 0.2) is 5.69 Å². The topological polar surface area (TPSA) is 72.1 Å². The van der Waals surface area contributed by atoms with E-state index in [1.54, 1.807) is 0 Å². The van der Waals surface area contributed by atoms with Crippen molar-refractivity contribution in [2.75, 3.05) is 6.61 Å². The molecule has 0 aromatic carbocycles. The standard InChI is InChI=1S/C9H10F2N2O3/c1-3-16-9(15)6-5(7(10)11)12-4(2)8(14)13-6/h7H,3H2,1-2H3,(H,13,14). The first-order chi connectivity index (χ1) is 7.47. The fourth-order valence-electron chi connectivity index (χ4n) is 1.07. The number of aromatic amines is 1. The van der Waals surface area contributed by atoms with E-state index < -0.39 is 29.3 Å². The van der Waals surface area contributed by atoms with E-state index in [0.717, 1.165) is 0 Å². The fraction of sp³-hybridized carbons (Fsp3) is 0.444. The molecule has 1 heterocycles. The molecule has 0 aliphatic carbocycles. The third-order valence-electron chi connectivity index (χ3n) is 1.80. The number of esters is 1. The van der Waals surface area contributed by atoms with Crippen molar-refractivity contribution >= 4 is 5.97 Å². The number of alkyl halides is 2. The summed E-state index contributed by atoms with van der Waals surface area (Å²) in [6.07, 6.45) is -2.95. The number of aromatic nitrogens is 2. The molecule has 0 saturated carbocycles. The summed E-state index contributed by atoms with van der Waals surface area (Å²) in [6.45, 7) is 2.83. The molecule has 16 heavy (non-hydrogen) atoms. The second kappa shape index (κ2) is 4.82. The number of rotatable bonds is 3. The molecule has 1 rings (SSSR count). The Kier molecular flexibility index (Phi) is 3.70. The van der Waals surface area contributed by atoms with Gasteiger partial charge in [0.2, 0.25) is 0 Å². The maximum Gasteiger partial charge on any atom is 0.356 e. The van der Waals surface area contributed by atoms with Gasteiger partial charge in [0.1, 0.15) is 11.4 Å². The highest BCUT2D eigenvalue weighted by molar-refractivity contribution is 5.88. The van der Waals surface area contributed by atoms with Crippen LogP contribution in [0.2, 0.25) is 0 Å². The highest BCUT2D eigenvalue weighted by Gasteiger charge is 2.23. The third kappa shape index (κ3) is 2.41. The maximum absolute atomic E-state index is 12.5. The fourth-order valence-corrected chi connectivity index (χ4v) is 1.07. The van der Waals surface area contributed by atoms with Crippen molar-refractivity contribution in [1.29, 1.82) is 0 Å². The normalized spacial score (nSPS) is 10.6. The molecule has 1 aromatic heterocycles. The van der Waals surface area contributed by atoms with Gasteiger partial charge in [0, 0.05) is 0 Å². The van der Waals surface area contributed by atoms with E-state index in [-0.39, 0.29) is 12.3 Å². The number of halogens is 2. The molecule has 7 heteroatoms. The molecule has 0 amide bonds. The van der Waals surface area contributed by atoms with Crippen molar-refractivity contribution in [2.24, 2.45) is 0 Å². The number of ether oxygens (including phenoxy) is 1. The van der Waals surface area contributed by atoms with Gasteiger partial charge in [-0.05, 0) is 13.8 Å². The number of nitrogens with one attached hydrogen (secondary N) is 1. The molecule has 1 aromatic rings. The number of carbonyl (C=O) groups excluding carboxylic acids is 1. The summed E-state index contributed by atoms with van der Waals surface area (Å²) in [5.41, 5.74) is -2.17. The van der Waals surface area contributed by atoms with Crippen LogP contribution in [0.1, 0.15) is 35.2 Å². The summed E-state index contributed by atoms with van der Waals surface area (Å²) >= 11 is 0. The molecule has 0 aliphatic rings. The number of nitrogens with zero attached hydrogens (tertiary/aromatic N) is 1. The van der Waals surface area contributed by atoms with E-state index in [1.807, 2.05) is 4.98 Å². The van der Waals surface area contributed by atoms with E-state index in [1.165, 1.54) is 13.8 Å². The first kappa shape index (κ1) is 12.3. The molecule has 0 unspecified atom stereocenters. The lowest BCUT2D eigenvalue weighted by Gasteiger charge is -2.07. The van der Waals surface area contributed by atoms with E-state index in [9.17, 15) is 18.4 Å². The van der Waals surface area contributed by atoms with Gasteiger partial charge < -0.3 is 9.72 Å². The Morgan fingerprint density at radius 3 is 2.69 bits per heavy atom. The smallest absolute Gasteiger partial charge is 0.356 e. The summed E-state index contributed by atoms with van der Waals surface area (Å²) < 4.78 is 29.6. The highest BCUT2D eigenvalue weighted by atomic mass is 19.3.